The van der Waals surface area contributed by atoms with E-state index in [1.807, 2.05) is 13.8 Å². The Morgan fingerprint density at radius 3 is 2.56 bits per heavy atom. The monoisotopic (exact) mass is 245 g/mol. The van der Waals surface area contributed by atoms with Crippen molar-refractivity contribution in [1.82, 2.24) is 8.61 Å². The molecule has 0 amide bonds. The van der Waals surface area contributed by atoms with Crippen molar-refractivity contribution < 1.29 is 8.42 Å². The van der Waals surface area contributed by atoms with Gasteiger partial charge in [0.2, 0.25) is 0 Å². The normalized spacial score (nSPS) is 23.2. The van der Waals surface area contributed by atoms with Crippen LogP contribution in [0.15, 0.2) is 0 Å². The molecule has 1 fully saturated rings. The molecule has 0 aromatic carbocycles. The average molecular weight is 245 g/mol. The van der Waals surface area contributed by atoms with Gasteiger partial charge in [0.15, 0.2) is 0 Å². The molecule has 0 aliphatic carbocycles. The minimum absolute atomic E-state index is 0.154. The number of rotatable bonds is 4. The third-order valence-corrected chi connectivity index (χ3v) is 5.08. The minimum atomic E-state index is -3.35. The number of piperidine rings is 1. The third kappa shape index (κ3) is 2.73. The quantitative estimate of drug-likeness (QED) is 0.736. The van der Waals surface area contributed by atoms with E-state index in [2.05, 4.69) is 6.07 Å². The fraction of sp³-hybridized carbons (Fsp3) is 0.900. The Kier molecular flexibility index (Phi) is 4.71. The van der Waals surface area contributed by atoms with Crippen LogP contribution >= 0.6 is 0 Å². The van der Waals surface area contributed by atoms with Gasteiger partial charge >= 0.3 is 0 Å². The maximum Gasteiger partial charge on any atom is 0.281 e. The minimum Gasteiger partial charge on any atom is -0.198 e. The molecule has 1 rings (SSSR count). The predicted octanol–water partition coefficient (Wildman–Crippen LogP) is 0.809. The molecule has 1 atom stereocenters. The molecule has 0 spiro atoms. The summed E-state index contributed by atoms with van der Waals surface area (Å²) >= 11 is 0. The Morgan fingerprint density at radius 1 is 1.44 bits per heavy atom. The van der Waals surface area contributed by atoms with Gasteiger partial charge in [0.1, 0.15) is 0 Å². The second kappa shape index (κ2) is 5.62. The van der Waals surface area contributed by atoms with Crippen LogP contribution in [0.4, 0.5) is 0 Å². The van der Waals surface area contributed by atoms with Crippen LogP contribution in [0, 0.1) is 17.2 Å². The van der Waals surface area contributed by atoms with E-state index in [0.717, 1.165) is 12.8 Å². The lowest BCUT2D eigenvalue weighted by Gasteiger charge is -2.32. The molecule has 0 N–H and O–H groups in total. The predicted molar refractivity (Wildman–Crippen MR) is 61.8 cm³/mol. The smallest absolute Gasteiger partial charge is 0.198 e. The van der Waals surface area contributed by atoms with Crippen LogP contribution < -0.4 is 0 Å². The van der Waals surface area contributed by atoms with E-state index in [9.17, 15) is 8.42 Å². The fourth-order valence-electron chi connectivity index (χ4n) is 1.97. The summed E-state index contributed by atoms with van der Waals surface area (Å²) in [7, 11) is -3.35. The van der Waals surface area contributed by atoms with Gasteiger partial charge in [-0.2, -0.15) is 22.3 Å². The zero-order valence-electron chi connectivity index (χ0n) is 9.89. The van der Waals surface area contributed by atoms with Gasteiger partial charge in [0.25, 0.3) is 10.2 Å². The van der Waals surface area contributed by atoms with Crippen LogP contribution in [0.3, 0.4) is 0 Å². The number of hydrogen-bond donors (Lipinski definition) is 0. The van der Waals surface area contributed by atoms with Gasteiger partial charge in [0, 0.05) is 26.2 Å². The molecule has 1 aliphatic rings. The second-order valence-electron chi connectivity index (χ2n) is 3.92. The summed E-state index contributed by atoms with van der Waals surface area (Å²) in [4.78, 5) is 0. The van der Waals surface area contributed by atoms with Crippen molar-refractivity contribution in [2.45, 2.75) is 26.7 Å². The Morgan fingerprint density at radius 2 is 2.06 bits per heavy atom. The molecule has 0 saturated carbocycles. The lowest BCUT2D eigenvalue weighted by molar-refractivity contribution is 0.279. The van der Waals surface area contributed by atoms with E-state index < -0.39 is 10.2 Å². The van der Waals surface area contributed by atoms with Gasteiger partial charge in [-0.3, -0.25) is 0 Å². The molecular formula is C10H19N3O2S. The first-order chi connectivity index (χ1) is 7.56. The topological polar surface area (TPSA) is 64.4 Å². The molecule has 6 heteroatoms. The van der Waals surface area contributed by atoms with Crippen LogP contribution in [-0.2, 0) is 10.2 Å². The molecule has 0 aromatic rings. The zero-order valence-corrected chi connectivity index (χ0v) is 10.7. The summed E-state index contributed by atoms with van der Waals surface area (Å²) in [5.74, 6) is -0.154. The van der Waals surface area contributed by atoms with Crippen LogP contribution in [0.5, 0.6) is 0 Å². The Balaban J connectivity index is 2.79. The first-order valence-electron chi connectivity index (χ1n) is 5.71. The van der Waals surface area contributed by atoms with Gasteiger partial charge in [-0.15, -0.1) is 0 Å². The van der Waals surface area contributed by atoms with Gasteiger partial charge < -0.3 is 0 Å². The second-order valence-corrected chi connectivity index (χ2v) is 5.85. The molecule has 16 heavy (non-hydrogen) atoms. The maximum atomic E-state index is 12.2. The van der Waals surface area contributed by atoms with E-state index >= 15 is 0 Å². The van der Waals surface area contributed by atoms with E-state index in [1.165, 1.54) is 8.61 Å². The Labute approximate surface area is 97.8 Å². The summed E-state index contributed by atoms with van der Waals surface area (Å²) in [6.45, 7) is 5.49. The molecule has 5 nitrogen and oxygen atoms in total. The molecular weight excluding hydrogens is 226 g/mol. The number of nitrogens with zero attached hydrogens (tertiary/aromatic N) is 3. The molecule has 1 aliphatic heterocycles. The lowest BCUT2D eigenvalue weighted by Crippen LogP contribution is -2.47. The summed E-state index contributed by atoms with van der Waals surface area (Å²) in [5.41, 5.74) is 0. The van der Waals surface area contributed by atoms with Crippen LogP contribution in [0.1, 0.15) is 26.7 Å². The lowest BCUT2D eigenvalue weighted by atomic mass is 10.0. The summed E-state index contributed by atoms with van der Waals surface area (Å²) in [6.07, 6.45) is 1.58. The zero-order chi connectivity index (χ0) is 12.2. The summed E-state index contributed by atoms with van der Waals surface area (Å²) in [6, 6.07) is 2.16. The molecule has 0 radical (unpaired) electrons. The summed E-state index contributed by atoms with van der Waals surface area (Å²) < 4.78 is 27.2. The molecule has 0 aromatic heterocycles. The molecule has 0 bridgehead atoms. The van der Waals surface area contributed by atoms with E-state index in [4.69, 9.17) is 5.26 Å². The molecule has 1 unspecified atom stereocenters. The molecule has 1 heterocycles. The van der Waals surface area contributed by atoms with Crippen LogP contribution in [0.2, 0.25) is 0 Å². The van der Waals surface area contributed by atoms with Gasteiger partial charge in [-0.05, 0) is 12.8 Å². The average Bonchev–Trinajstić information content (AvgIpc) is 2.30. The SMILES string of the molecule is CCN(CC)S(=O)(=O)N1CCCC(C#N)C1. The Hall–Kier alpha value is -0.640. The van der Waals surface area contributed by atoms with Gasteiger partial charge in [-0.1, -0.05) is 13.8 Å². The van der Waals surface area contributed by atoms with Crippen LogP contribution in [-0.4, -0.2) is 43.2 Å². The van der Waals surface area contributed by atoms with E-state index in [0.29, 0.717) is 26.2 Å². The molecule has 92 valence electrons. The van der Waals surface area contributed by atoms with E-state index in [-0.39, 0.29) is 5.92 Å². The van der Waals surface area contributed by atoms with Gasteiger partial charge in [-0.25, -0.2) is 0 Å². The van der Waals surface area contributed by atoms with Crippen LogP contribution in [0.25, 0.3) is 0 Å². The third-order valence-electron chi connectivity index (χ3n) is 2.92. The highest BCUT2D eigenvalue weighted by atomic mass is 32.2. The van der Waals surface area contributed by atoms with Crippen molar-refractivity contribution in [3.05, 3.63) is 0 Å². The highest BCUT2D eigenvalue weighted by Crippen LogP contribution is 2.20. The Bertz CT molecular complexity index is 357. The highest BCUT2D eigenvalue weighted by Gasteiger charge is 2.32. The highest BCUT2D eigenvalue weighted by molar-refractivity contribution is 7.86. The van der Waals surface area contributed by atoms with Crippen molar-refractivity contribution in [1.29, 1.82) is 5.26 Å². The van der Waals surface area contributed by atoms with Crippen molar-refractivity contribution in [2.75, 3.05) is 26.2 Å². The number of nitriles is 1. The maximum absolute atomic E-state index is 12.2. The van der Waals surface area contributed by atoms with Crippen molar-refractivity contribution in [3.63, 3.8) is 0 Å². The largest absolute Gasteiger partial charge is 0.281 e. The van der Waals surface area contributed by atoms with E-state index in [1.54, 1.807) is 0 Å². The molecule has 1 saturated heterocycles. The summed E-state index contributed by atoms with van der Waals surface area (Å²) in [5, 5.41) is 8.84. The van der Waals surface area contributed by atoms with Crippen molar-refractivity contribution in [3.8, 4) is 6.07 Å². The number of hydrogen-bond acceptors (Lipinski definition) is 3. The standard InChI is InChI=1S/C10H19N3O2S/c1-3-12(4-2)16(14,15)13-7-5-6-10(8-11)9-13/h10H,3-7,9H2,1-2H3. The van der Waals surface area contributed by atoms with Gasteiger partial charge in [0.05, 0.1) is 12.0 Å². The van der Waals surface area contributed by atoms with Crippen molar-refractivity contribution in [2.24, 2.45) is 5.92 Å². The van der Waals surface area contributed by atoms with Crippen molar-refractivity contribution >= 4 is 10.2 Å². The fourth-order valence-corrected chi connectivity index (χ4v) is 3.68. The first-order valence-corrected chi connectivity index (χ1v) is 7.10. The first kappa shape index (κ1) is 13.4.